The monoisotopic (exact) mass is 517 g/mol. The van der Waals surface area contributed by atoms with Crippen LogP contribution in [0.3, 0.4) is 0 Å². The second-order valence-corrected chi connectivity index (χ2v) is 8.82. The van der Waals surface area contributed by atoms with Crippen LogP contribution >= 0.6 is 11.6 Å². The van der Waals surface area contributed by atoms with Crippen molar-refractivity contribution in [3.63, 3.8) is 0 Å². The van der Waals surface area contributed by atoms with Gasteiger partial charge in [-0.05, 0) is 80.8 Å². The van der Waals surface area contributed by atoms with Crippen molar-refractivity contribution in [3.05, 3.63) is 87.4 Å². The lowest BCUT2D eigenvalue weighted by atomic mass is 10.1. The SMILES string of the molecule is CCOc1cc(/C=C(/C#N)C(=O)Nc2ccc(C)cc2)cc(Cl)c1OCC(=O)Nc1cc(C)ccc1C. The van der Waals surface area contributed by atoms with E-state index in [0.717, 1.165) is 16.7 Å². The Morgan fingerprint density at radius 1 is 0.973 bits per heavy atom. The third kappa shape index (κ3) is 7.60. The summed E-state index contributed by atoms with van der Waals surface area (Å²) in [5.41, 5.74) is 4.65. The normalized spacial score (nSPS) is 10.9. The summed E-state index contributed by atoms with van der Waals surface area (Å²) in [7, 11) is 0. The van der Waals surface area contributed by atoms with Gasteiger partial charge in [0.05, 0.1) is 11.6 Å². The third-order valence-corrected chi connectivity index (χ3v) is 5.61. The first-order valence-corrected chi connectivity index (χ1v) is 12.0. The number of benzene rings is 3. The standard InChI is InChI=1S/C29H28ClN3O4/c1-5-36-26-15-21(13-22(16-31)29(35)32-23-10-7-18(2)8-11-23)14-24(30)28(26)37-17-27(34)33-25-12-19(3)6-9-20(25)4/h6-15H,5,17H2,1-4H3,(H,32,35)(H,33,34)/b22-13-. The van der Waals surface area contributed by atoms with Gasteiger partial charge in [0.25, 0.3) is 11.8 Å². The van der Waals surface area contributed by atoms with E-state index >= 15 is 0 Å². The fourth-order valence-corrected chi connectivity index (χ4v) is 3.69. The molecule has 0 saturated heterocycles. The van der Waals surface area contributed by atoms with Gasteiger partial charge in [0.1, 0.15) is 11.6 Å². The van der Waals surface area contributed by atoms with Gasteiger partial charge < -0.3 is 20.1 Å². The van der Waals surface area contributed by atoms with Gasteiger partial charge in [0, 0.05) is 11.4 Å². The van der Waals surface area contributed by atoms with Crippen molar-refractivity contribution in [1.29, 1.82) is 5.26 Å². The predicted molar refractivity (Wildman–Crippen MR) is 146 cm³/mol. The van der Waals surface area contributed by atoms with Crippen LogP contribution in [0.15, 0.2) is 60.2 Å². The maximum absolute atomic E-state index is 12.6. The average Bonchev–Trinajstić information content (AvgIpc) is 2.85. The molecule has 0 aliphatic carbocycles. The van der Waals surface area contributed by atoms with Gasteiger partial charge in [-0.25, -0.2) is 0 Å². The van der Waals surface area contributed by atoms with Crippen LogP contribution in [-0.4, -0.2) is 25.0 Å². The van der Waals surface area contributed by atoms with E-state index in [1.165, 1.54) is 6.08 Å². The smallest absolute Gasteiger partial charge is 0.266 e. The molecular formula is C29H28ClN3O4. The van der Waals surface area contributed by atoms with Crippen LogP contribution < -0.4 is 20.1 Å². The molecule has 3 rings (SSSR count). The molecule has 2 N–H and O–H groups in total. The number of carbonyl (C=O) groups excluding carboxylic acids is 2. The van der Waals surface area contributed by atoms with Crippen LogP contribution in [0.5, 0.6) is 11.5 Å². The molecule has 0 aliphatic heterocycles. The zero-order chi connectivity index (χ0) is 26.9. The van der Waals surface area contributed by atoms with Gasteiger partial charge in [-0.15, -0.1) is 0 Å². The molecule has 0 atom stereocenters. The summed E-state index contributed by atoms with van der Waals surface area (Å²) < 4.78 is 11.4. The van der Waals surface area contributed by atoms with Gasteiger partial charge in [0.15, 0.2) is 18.1 Å². The Morgan fingerprint density at radius 2 is 1.68 bits per heavy atom. The summed E-state index contributed by atoms with van der Waals surface area (Å²) in [6.45, 7) is 7.61. The van der Waals surface area contributed by atoms with Crippen molar-refractivity contribution in [2.75, 3.05) is 23.8 Å². The van der Waals surface area contributed by atoms with Crippen LogP contribution in [-0.2, 0) is 9.59 Å². The molecule has 0 bridgehead atoms. The minimum Gasteiger partial charge on any atom is -0.490 e. The Labute approximate surface area is 221 Å². The minimum absolute atomic E-state index is 0.110. The molecule has 7 nitrogen and oxygen atoms in total. The van der Waals surface area contributed by atoms with Crippen molar-refractivity contribution >= 4 is 40.9 Å². The molecular weight excluding hydrogens is 490 g/mol. The summed E-state index contributed by atoms with van der Waals surface area (Å²) in [6, 6.07) is 18.1. The van der Waals surface area contributed by atoms with Gasteiger partial charge in [-0.1, -0.05) is 41.4 Å². The van der Waals surface area contributed by atoms with Crippen LogP contribution in [0.4, 0.5) is 11.4 Å². The number of hydrogen-bond donors (Lipinski definition) is 2. The molecule has 0 radical (unpaired) electrons. The molecule has 37 heavy (non-hydrogen) atoms. The molecule has 0 aromatic heterocycles. The Bertz CT molecular complexity index is 1380. The highest BCUT2D eigenvalue weighted by molar-refractivity contribution is 6.32. The van der Waals surface area contributed by atoms with Crippen LogP contribution in [0.2, 0.25) is 5.02 Å². The lowest BCUT2D eigenvalue weighted by Gasteiger charge is -2.15. The molecule has 0 unspecified atom stereocenters. The summed E-state index contributed by atoms with van der Waals surface area (Å²) in [5, 5.41) is 15.3. The molecule has 0 aliphatic rings. The lowest BCUT2D eigenvalue weighted by molar-refractivity contribution is -0.118. The van der Waals surface area contributed by atoms with Gasteiger partial charge in [0.2, 0.25) is 0 Å². The number of carbonyl (C=O) groups is 2. The molecule has 2 amide bonds. The number of hydrogen-bond acceptors (Lipinski definition) is 5. The second-order valence-electron chi connectivity index (χ2n) is 8.41. The lowest BCUT2D eigenvalue weighted by Crippen LogP contribution is -2.21. The van der Waals surface area contributed by atoms with E-state index in [1.54, 1.807) is 31.2 Å². The number of halogens is 1. The van der Waals surface area contributed by atoms with Gasteiger partial charge >= 0.3 is 0 Å². The number of aryl methyl sites for hydroxylation is 3. The molecule has 3 aromatic rings. The largest absolute Gasteiger partial charge is 0.490 e. The van der Waals surface area contributed by atoms with E-state index in [1.807, 2.05) is 57.2 Å². The van der Waals surface area contributed by atoms with Crippen LogP contribution in [0.1, 0.15) is 29.2 Å². The molecule has 0 saturated carbocycles. The topological polar surface area (TPSA) is 100 Å². The highest BCUT2D eigenvalue weighted by atomic mass is 35.5. The Hall–Kier alpha value is -4.28. The summed E-state index contributed by atoms with van der Waals surface area (Å²) >= 11 is 6.46. The Balaban J connectivity index is 1.77. The number of anilines is 2. The maximum atomic E-state index is 12.6. The van der Waals surface area contributed by atoms with Crippen molar-refractivity contribution in [2.45, 2.75) is 27.7 Å². The summed E-state index contributed by atoms with van der Waals surface area (Å²) in [5.74, 6) is -0.420. The number of nitrogens with one attached hydrogen (secondary N) is 2. The summed E-state index contributed by atoms with van der Waals surface area (Å²) in [4.78, 5) is 25.1. The molecule has 190 valence electrons. The van der Waals surface area contributed by atoms with Crippen molar-refractivity contribution in [3.8, 4) is 17.6 Å². The predicted octanol–water partition coefficient (Wildman–Crippen LogP) is 6.23. The van der Waals surface area contributed by atoms with E-state index in [0.29, 0.717) is 23.5 Å². The van der Waals surface area contributed by atoms with E-state index in [9.17, 15) is 14.9 Å². The number of rotatable bonds is 9. The van der Waals surface area contributed by atoms with E-state index in [4.69, 9.17) is 21.1 Å². The molecule has 0 heterocycles. The highest BCUT2D eigenvalue weighted by Crippen LogP contribution is 2.37. The van der Waals surface area contributed by atoms with E-state index in [2.05, 4.69) is 10.6 Å². The molecule has 3 aromatic carbocycles. The fourth-order valence-electron chi connectivity index (χ4n) is 3.42. The second kappa shape index (κ2) is 12.6. The number of ether oxygens (including phenoxy) is 2. The third-order valence-electron chi connectivity index (χ3n) is 5.33. The number of nitriles is 1. The Kier molecular flexibility index (Phi) is 9.31. The average molecular weight is 518 g/mol. The first kappa shape index (κ1) is 27.3. The zero-order valence-electron chi connectivity index (χ0n) is 21.1. The van der Waals surface area contributed by atoms with Crippen molar-refractivity contribution in [1.82, 2.24) is 0 Å². The van der Waals surface area contributed by atoms with Gasteiger partial charge in [-0.2, -0.15) is 5.26 Å². The Morgan fingerprint density at radius 3 is 2.35 bits per heavy atom. The van der Waals surface area contributed by atoms with Crippen LogP contribution in [0.25, 0.3) is 6.08 Å². The first-order chi connectivity index (χ1) is 17.7. The molecule has 8 heteroatoms. The molecule has 0 fully saturated rings. The first-order valence-electron chi connectivity index (χ1n) is 11.7. The minimum atomic E-state index is -0.552. The van der Waals surface area contributed by atoms with E-state index < -0.39 is 5.91 Å². The van der Waals surface area contributed by atoms with Gasteiger partial charge in [-0.3, -0.25) is 9.59 Å². The fraction of sp³-hybridized carbons (Fsp3) is 0.207. The number of amides is 2. The highest BCUT2D eigenvalue weighted by Gasteiger charge is 2.16. The van der Waals surface area contributed by atoms with E-state index in [-0.39, 0.29) is 34.6 Å². The number of nitrogens with zero attached hydrogens (tertiary/aromatic N) is 1. The zero-order valence-corrected chi connectivity index (χ0v) is 21.9. The summed E-state index contributed by atoms with van der Waals surface area (Å²) in [6.07, 6.45) is 1.41. The van der Waals surface area contributed by atoms with Crippen molar-refractivity contribution in [2.24, 2.45) is 0 Å². The van der Waals surface area contributed by atoms with Crippen LogP contribution in [0, 0.1) is 32.1 Å². The van der Waals surface area contributed by atoms with Crippen molar-refractivity contribution < 1.29 is 19.1 Å². The quantitative estimate of drug-likeness (QED) is 0.259. The maximum Gasteiger partial charge on any atom is 0.266 e. The molecule has 0 spiro atoms.